The molecule has 0 radical (unpaired) electrons. The summed E-state index contributed by atoms with van der Waals surface area (Å²) in [6.07, 6.45) is 0.0212. The van der Waals surface area contributed by atoms with Gasteiger partial charge in [-0.2, -0.15) is 5.26 Å². The first-order chi connectivity index (χ1) is 15.7. The van der Waals surface area contributed by atoms with Crippen molar-refractivity contribution in [2.45, 2.75) is 31.7 Å². The molecular weight excluding hydrogens is 434 g/mol. The molecule has 0 saturated carbocycles. The number of anilines is 1. The summed E-state index contributed by atoms with van der Waals surface area (Å²) >= 11 is 0. The molecule has 0 atom stereocenters. The van der Waals surface area contributed by atoms with E-state index in [1.165, 1.54) is 4.31 Å². The fourth-order valence-corrected chi connectivity index (χ4v) is 4.89. The van der Waals surface area contributed by atoms with Crippen LogP contribution in [0, 0.1) is 25.2 Å². The van der Waals surface area contributed by atoms with Gasteiger partial charge in [-0.3, -0.25) is 9.10 Å². The topological polar surface area (TPSA) is 81.5 Å². The minimum atomic E-state index is -3.85. The summed E-state index contributed by atoms with van der Waals surface area (Å²) in [5.41, 5.74) is 3.86. The van der Waals surface area contributed by atoms with Crippen molar-refractivity contribution < 1.29 is 13.2 Å². The minimum Gasteiger partial charge on any atom is -0.341 e. The fraction of sp³-hybridized carbons (Fsp3) is 0.231. The first kappa shape index (κ1) is 24.0. The number of hydrogen-bond donors (Lipinski definition) is 0. The summed E-state index contributed by atoms with van der Waals surface area (Å²) in [5, 5.41) is 9.07. The molecule has 0 saturated heterocycles. The molecule has 0 unspecified atom stereocenters. The average Bonchev–Trinajstić information content (AvgIpc) is 2.80. The van der Waals surface area contributed by atoms with Crippen LogP contribution in [0.3, 0.4) is 0 Å². The first-order valence-corrected chi connectivity index (χ1v) is 12.0. The molecule has 0 N–H and O–H groups in total. The summed E-state index contributed by atoms with van der Waals surface area (Å²) in [7, 11) is -2.17. The van der Waals surface area contributed by atoms with Gasteiger partial charge in [0.15, 0.2) is 0 Å². The lowest BCUT2D eigenvalue weighted by atomic mass is 10.1. The Morgan fingerprint density at radius 1 is 0.939 bits per heavy atom. The molecule has 0 aromatic heterocycles. The van der Waals surface area contributed by atoms with Crippen molar-refractivity contribution in [2.24, 2.45) is 0 Å². The third kappa shape index (κ3) is 5.99. The number of benzene rings is 3. The van der Waals surface area contributed by atoms with E-state index in [0.717, 1.165) is 16.7 Å². The van der Waals surface area contributed by atoms with E-state index < -0.39 is 10.0 Å². The number of sulfonamides is 1. The standard InChI is InChI=1S/C26H27N3O3S/c1-20-7-11-24(12-8-20)29(33(31,32)25-13-9-21(2)10-14-25)16-15-26(30)28(3)19-23-6-4-5-22(17-23)18-27/h4-14,17H,15-16,19H2,1-3H3. The van der Waals surface area contributed by atoms with E-state index in [9.17, 15) is 13.2 Å². The van der Waals surface area contributed by atoms with Crippen LogP contribution in [0.1, 0.15) is 28.7 Å². The van der Waals surface area contributed by atoms with Gasteiger partial charge in [-0.25, -0.2) is 8.42 Å². The van der Waals surface area contributed by atoms with Gasteiger partial charge in [0.25, 0.3) is 10.0 Å². The Labute approximate surface area is 195 Å². The largest absolute Gasteiger partial charge is 0.341 e. The highest BCUT2D eigenvalue weighted by atomic mass is 32.2. The SMILES string of the molecule is Cc1ccc(N(CCC(=O)N(C)Cc2cccc(C#N)c2)S(=O)(=O)c2ccc(C)cc2)cc1. The second kappa shape index (κ2) is 10.3. The first-order valence-electron chi connectivity index (χ1n) is 10.6. The maximum atomic E-state index is 13.4. The van der Waals surface area contributed by atoms with Crippen LogP contribution in [0.25, 0.3) is 0 Å². The molecule has 0 aliphatic carbocycles. The zero-order valence-corrected chi connectivity index (χ0v) is 19.8. The lowest BCUT2D eigenvalue weighted by Crippen LogP contribution is -2.36. The van der Waals surface area contributed by atoms with Crippen LogP contribution in [0.2, 0.25) is 0 Å². The Hall–Kier alpha value is -3.63. The van der Waals surface area contributed by atoms with Gasteiger partial charge in [0.1, 0.15) is 0 Å². The highest BCUT2D eigenvalue weighted by Crippen LogP contribution is 2.25. The predicted octanol–water partition coefficient (Wildman–Crippen LogP) is 4.42. The van der Waals surface area contributed by atoms with Gasteiger partial charge in [0.2, 0.25) is 5.91 Å². The van der Waals surface area contributed by atoms with Gasteiger partial charge in [0.05, 0.1) is 22.2 Å². The third-order valence-electron chi connectivity index (χ3n) is 5.36. The molecule has 0 spiro atoms. The van der Waals surface area contributed by atoms with Crippen molar-refractivity contribution in [3.05, 3.63) is 95.1 Å². The number of aryl methyl sites for hydroxylation is 2. The number of amides is 1. The maximum Gasteiger partial charge on any atom is 0.264 e. The monoisotopic (exact) mass is 461 g/mol. The van der Waals surface area contributed by atoms with Crippen LogP contribution in [0.15, 0.2) is 77.7 Å². The van der Waals surface area contributed by atoms with Crippen molar-refractivity contribution in [2.75, 3.05) is 17.9 Å². The lowest BCUT2D eigenvalue weighted by molar-refractivity contribution is -0.130. The number of rotatable bonds is 8. The molecule has 7 heteroatoms. The zero-order valence-electron chi connectivity index (χ0n) is 19.0. The lowest BCUT2D eigenvalue weighted by Gasteiger charge is -2.26. The van der Waals surface area contributed by atoms with Crippen LogP contribution >= 0.6 is 0 Å². The quantitative estimate of drug-likeness (QED) is 0.497. The zero-order chi connectivity index (χ0) is 24.0. The Balaban J connectivity index is 1.80. The van der Waals surface area contributed by atoms with E-state index in [2.05, 4.69) is 6.07 Å². The van der Waals surface area contributed by atoms with Gasteiger partial charge < -0.3 is 4.90 Å². The highest BCUT2D eigenvalue weighted by Gasteiger charge is 2.26. The number of hydrogen-bond acceptors (Lipinski definition) is 4. The molecular formula is C26H27N3O3S. The summed E-state index contributed by atoms with van der Waals surface area (Å²) in [6, 6.07) is 23.1. The molecule has 6 nitrogen and oxygen atoms in total. The normalized spacial score (nSPS) is 11.0. The Morgan fingerprint density at radius 2 is 1.55 bits per heavy atom. The van der Waals surface area contributed by atoms with Crippen LogP contribution in [0.4, 0.5) is 5.69 Å². The number of nitrogens with zero attached hydrogens (tertiary/aromatic N) is 3. The second-order valence-corrected chi connectivity index (χ2v) is 9.90. The van der Waals surface area contributed by atoms with Gasteiger partial charge >= 0.3 is 0 Å². The van der Waals surface area contributed by atoms with Crippen molar-refractivity contribution in [3.8, 4) is 6.07 Å². The average molecular weight is 462 g/mol. The Morgan fingerprint density at radius 3 is 2.15 bits per heavy atom. The summed E-state index contributed by atoms with van der Waals surface area (Å²) in [4.78, 5) is 14.6. The molecule has 170 valence electrons. The molecule has 1 amide bonds. The van der Waals surface area contributed by atoms with Gasteiger partial charge in [-0.15, -0.1) is 0 Å². The molecule has 3 rings (SSSR count). The number of carbonyl (C=O) groups excluding carboxylic acids is 1. The molecule has 0 aliphatic heterocycles. The van der Waals surface area contributed by atoms with Gasteiger partial charge in [-0.05, 0) is 55.8 Å². The van der Waals surface area contributed by atoms with Gasteiger partial charge in [-0.1, -0.05) is 47.5 Å². The van der Waals surface area contributed by atoms with Crippen molar-refractivity contribution in [3.63, 3.8) is 0 Å². The van der Waals surface area contributed by atoms with Crippen LogP contribution in [0.5, 0.6) is 0 Å². The second-order valence-electron chi connectivity index (χ2n) is 8.04. The van der Waals surface area contributed by atoms with E-state index in [4.69, 9.17) is 5.26 Å². The molecule has 3 aromatic rings. The number of nitriles is 1. The van der Waals surface area contributed by atoms with Crippen molar-refractivity contribution in [1.29, 1.82) is 5.26 Å². The molecule has 0 fully saturated rings. The van der Waals surface area contributed by atoms with Crippen molar-refractivity contribution in [1.82, 2.24) is 4.90 Å². The Bertz CT molecular complexity index is 1260. The van der Waals surface area contributed by atoms with E-state index in [-0.39, 0.29) is 23.8 Å². The fourth-order valence-electron chi connectivity index (χ4n) is 3.43. The van der Waals surface area contributed by atoms with E-state index in [0.29, 0.717) is 17.8 Å². The highest BCUT2D eigenvalue weighted by molar-refractivity contribution is 7.92. The van der Waals surface area contributed by atoms with Crippen LogP contribution < -0.4 is 4.31 Å². The molecule has 3 aromatic carbocycles. The van der Waals surface area contributed by atoms with Crippen LogP contribution in [-0.4, -0.2) is 32.8 Å². The maximum absolute atomic E-state index is 13.4. The van der Waals surface area contributed by atoms with E-state index >= 15 is 0 Å². The van der Waals surface area contributed by atoms with Crippen molar-refractivity contribution >= 4 is 21.6 Å². The molecule has 0 aliphatic rings. The Kier molecular flexibility index (Phi) is 7.52. The summed E-state index contributed by atoms with van der Waals surface area (Å²) in [5.74, 6) is -0.187. The summed E-state index contributed by atoms with van der Waals surface area (Å²) in [6.45, 7) is 4.18. The molecule has 0 bridgehead atoms. The van der Waals surface area contributed by atoms with E-state index in [1.54, 1.807) is 66.5 Å². The smallest absolute Gasteiger partial charge is 0.264 e. The molecule has 0 heterocycles. The van der Waals surface area contributed by atoms with Crippen LogP contribution in [-0.2, 0) is 21.4 Å². The number of carbonyl (C=O) groups is 1. The minimum absolute atomic E-state index is 0.0146. The molecule has 33 heavy (non-hydrogen) atoms. The van der Waals surface area contributed by atoms with E-state index in [1.807, 2.05) is 32.0 Å². The summed E-state index contributed by atoms with van der Waals surface area (Å²) < 4.78 is 28.2. The predicted molar refractivity (Wildman–Crippen MR) is 129 cm³/mol. The third-order valence-corrected chi connectivity index (χ3v) is 7.20. The van der Waals surface area contributed by atoms with Gasteiger partial charge in [0, 0.05) is 26.6 Å².